The lowest BCUT2D eigenvalue weighted by Crippen LogP contribution is -2.31. The zero-order valence-corrected chi connectivity index (χ0v) is 13.2. The van der Waals surface area contributed by atoms with Gasteiger partial charge in [0.25, 0.3) is 0 Å². The number of rotatable bonds is 3. The van der Waals surface area contributed by atoms with Gasteiger partial charge in [0, 0.05) is 10.7 Å². The highest BCUT2D eigenvalue weighted by molar-refractivity contribution is 6.30. The number of anilines is 1. The number of aryl methyl sites for hydroxylation is 2. The number of halogens is 1. The molecule has 2 rings (SSSR count). The summed E-state index contributed by atoms with van der Waals surface area (Å²) in [5.41, 5.74) is 4.27. The molecule has 0 spiro atoms. The van der Waals surface area contributed by atoms with Crippen molar-refractivity contribution in [2.75, 3.05) is 5.32 Å². The van der Waals surface area contributed by atoms with Gasteiger partial charge in [0.2, 0.25) is 0 Å². The van der Waals surface area contributed by atoms with Crippen LogP contribution in [0, 0.1) is 13.8 Å². The highest BCUT2D eigenvalue weighted by atomic mass is 35.5. The Morgan fingerprint density at radius 2 is 1.71 bits per heavy atom. The van der Waals surface area contributed by atoms with Crippen molar-refractivity contribution in [1.82, 2.24) is 5.32 Å². The maximum atomic E-state index is 12.0. The minimum Gasteiger partial charge on any atom is -0.331 e. The van der Waals surface area contributed by atoms with E-state index in [9.17, 15) is 4.79 Å². The molecule has 2 aromatic carbocycles. The van der Waals surface area contributed by atoms with Crippen molar-refractivity contribution >= 4 is 23.3 Å². The van der Waals surface area contributed by atoms with E-state index in [1.807, 2.05) is 13.0 Å². The molecule has 0 aromatic heterocycles. The molecule has 0 saturated carbocycles. The van der Waals surface area contributed by atoms with E-state index in [4.69, 9.17) is 11.6 Å². The summed E-state index contributed by atoms with van der Waals surface area (Å²) in [5.74, 6) is 0. The molecule has 0 radical (unpaired) electrons. The van der Waals surface area contributed by atoms with Gasteiger partial charge in [-0.1, -0.05) is 29.8 Å². The van der Waals surface area contributed by atoms with E-state index in [0.717, 1.165) is 5.56 Å². The summed E-state index contributed by atoms with van der Waals surface area (Å²) >= 11 is 5.81. The van der Waals surface area contributed by atoms with E-state index in [0.29, 0.717) is 10.7 Å². The molecule has 2 aromatic rings. The largest absolute Gasteiger partial charge is 0.331 e. The summed E-state index contributed by atoms with van der Waals surface area (Å²) in [4.78, 5) is 12.0. The Hall–Kier alpha value is -2.00. The fraction of sp³-hybridized carbons (Fsp3) is 0.235. The Kier molecular flexibility index (Phi) is 4.86. The number of benzene rings is 2. The van der Waals surface area contributed by atoms with Crippen LogP contribution in [0.5, 0.6) is 0 Å². The van der Waals surface area contributed by atoms with Gasteiger partial charge in [-0.3, -0.25) is 0 Å². The van der Waals surface area contributed by atoms with Crippen LogP contribution in [0.4, 0.5) is 10.5 Å². The minimum atomic E-state index is -0.233. The number of carbonyl (C=O) groups is 1. The maximum Gasteiger partial charge on any atom is 0.319 e. The van der Waals surface area contributed by atoms with Crippen molar-refractivity contribution in [3.8, 4) is 0 Å². The van der Waals surface area contributed by atoms with Crippen molar-refractivity contribution in [2.24, 2.45) is 0 Å². The van der Waals surface area contributed by atoms with E-state index in [-0.39, 0.29) is 12.1 Å². The second-order valence-corrected chi connectivity index (χ2v) is 5.61. The zero-order chi connectivity index (χ0) is 15.4. The molecule has 2 N–H and O–H groups in total. The number of nitrogens with one attached hydrogen (secondary N) is 2. The Morgan fingerprint density at radius 3 is 2.33 bits per heavy atom. The number of carbonyl (C=O) groups excluding carboxylic acids is 1. The van der Waals surface area contributed by atoms with E-state index in [2.05, 4.69) is 36.6 Å². The molecule has 0 aliphatic carbocycles. The van der Waals surface area contributed by atoms with Crippen LogP contribution in [0.3, 0.4) is 0 Å². The monoisotopic (exact) mass is 302 g/mol. The van der Waals surface area contributed by atoms with Crippen molar-refractivity contribution < 1.29 is 4.79 Å². The van der Waals surface area contributed by atoms with Crippen molar-refractivity contribution in [3.63, 3.8) is 0 Å². The van der Waals surface area contributed by atoms with E-state index < -0.39 is 0 Å². The molecule has 110 valence electrons. The standard InChI is InChI=1S/C17H19ClN2O/c1-11-4-5-14(10-12(11)2)13(3)19-17(21)20-16-8-6-15(18)7-9-16/h4-10,13H,1-3H3,(H2,19,20,21)/t13-/m0/s1. The van der Waals surface area contributed by atoms with Crippen LogP contribution in [-0.2, 0) is 0 Å². The molecule has 0 aliphatic heterocycles. The van der Waals surface area contributed by atoms with Gasteiger partial charge >= 0.3 is 6.03 Å². The third kappa shape index (κ3) is 4.23. The lowest BCUT2D eigenvalue weighted by molar-refractivity contribution is 0.249. The van der Waals surface area contributed by atoms with E-state index >= 15 is 0 Å². The van der Waals surface area contributed by atoms with Gasteiger partial charge in [0.15, 0.2) is 0 Å². The Labute approximate surface area is 130 Å². The molecule has 0 bridgehead atoms. The first-order valence-corrected chi connectivity index (χ1v) is 7.24. The van der Waals surface area contributed by atoms with E-state index in [1.165, 1.54) is 11.1 Å². The second-order valence-electron chi connectivity index (χ2n) is 5.17. The first-order valence-electron chi connectivity index (χ1n) is 6.86. The molecular weight excluding hydrogens is 284 g/mol. The number of amides is 2. The predicted octanol–water partition coefficient (Wildman–Crippen LogP) is 4.84. The van der Waals surface area contributed by atoms with Gasteiger partial charge in [-0.05, 0) is 61.7 Å². The number of hydrogen-bond donors (Lipinski definition) is 2. The second kappa shape index (κ2) is 6.64. The molecule has 3 nitrogen and oxygen atoms in total. The van der Waals surface area contributed by atoms with Gasteiger partial charge in [0.1, 0.15) is 0 Å². The fourth-order valence-electron chi connectivity index (χ4n) is 2.01. The van der Waals surface area contributed by atoms with E-state index in [1.54, 1.807) is 24.3 Å². The minimum absolute atomic E-state index is 0.0587. The van der Waals surface area contributed by atoms with Crippen LogP contribution in [0.1, 0.15) is 29.7 Å². The summed E-state index contributed by atoms with van der Waals surface area (Å²) < 4.78 is 0. The van der Waals surface area contributed by atoms with Crippen molar-refractivity contribution in [3.05, 3.63) is 64.2 Å². The first kappa shape index (κ1) is 15.4. The maximum absolute atomic E-state index is 12.0. The average Bonchev–Trinajstić information content (AvgIpc) is 2.44. The van der Waals surface area contributed by atoms with Crippen LogP contribution in [0.2, 0.25) is 5.02 Å². The number of urea groups is 1. The van der Waals surface area contributed by atoms with Crippen LogP contribution < -0.4 is 10.6 Å². The molecule has 0 saturated heterocycles. The highest BCUT2D eigenvalue weighted by Crippen LogP contribution is 2.17. The van der Waals surface area contributed by atoms with Crippen LogP contribution in [0.15, 0.2) is 42.5 Å². The zero-order valence-electron chi connectivity index (χ0n) is 12.4. The van der Waals surface area contributed by atoms with Gasteiger partial charge in [-0.2, -0.15) is 0 Å². The van der Waals surface area contributed by atoms with Crippen LogP contribution in [0.25, 0.3) is 0 Å². The van der Waals surface area contributed by atoms with Gasteiger partial charge in [0.05, 0.1) is 6.04 Å². The molecule has 21 heavy (non-hydrogen) atoms. The SMILES string of the molecule is Cc1ccc([C@H](C)NC(=O)Nc2ccc(Cl)cc2)cc1C. The molecular formula is C17H19ClN2O. The Balaban J connectivity index is 1.98. The molecule has 2 amide bonds. The molecule has 1 atom stereocenters. The van der Waals surface area contributed by atoms with Crippen molar-refractivity contribution in [1.29, 1.82) is 0 Å². The first-order chi connectivity index (χ1) is 9.95. The highest BCUT2D eigenvalue weighted by Gasteiger charge is 2.10. The molecule has 0 fully saturated rings. The lowest BCUT2D eigenvalue weighted by atomic mass is 10.0. The molecule has 0 heterocycles. The Bertz CT molecular complexity index is 638. The molecule has 0 unspecified atom stereocenters. The normalized spacial score (nSPS) is 11.8. The van der Waals surface area contributed by atoms with Crippen LogP contribution >= 0.6 is 11.6 Å². The summed E-state index contributed by atoms with van der Waals surface area (Å²) in [6.07, 6.45) is 0. The third-order valence-corrected chi connectivity index (χ3v) is 3.73. The fourth-order valence-corrected chi connectivity index (χ4v) is 2.14. The quantitative estimate of drug-likeness (QED) is 0.837. The number of hydrogen-bond acceptors (Lipinski definition) is 1. The summed E-state index contributed by atoms with van der Waals surface area (Å²) in [5, 5.41) is 6.35. The third-order valence-electron chi connectivity index (χ3n) is 3.48. The Morgan fingerprint density at radius 1 is 1.05 bits per heavy atom. The molecule has 0 aliphatic rings. The summed E-state index contributed by atoms with van der Waals surface area (Å²) in [6, 6.07) is 12.9. The lowest BCUT2D eigenvalue weighted by Gasteiger charge is -2.16. The van der Waals surface area contributed by atoms with Gasteiger partial charge < -0.3 is 10.6 Å². The van der Waals surface area contributed by atoms with Gasteiger partial charge in [-0.25, -0.2) is 4.79 Å². The average molecular weight is 303 g/mol. The molecule has 4 heteroatoms. The predicted molar refractivity (Wildman–Crippen MR) is 87.9 cm³/mol. The summed E-state index contributed by atoms with van der Waals surface area (Å²) in [6.45, 7) is 6.11. The van der Waals surface area contributed by atoms with Crippen LogP contribution in [-0.4, -0.2) is 6.03 Å². The summed E-state index contributed by atoms with van der Waals surface area (Å²) in [7, 11) is 0. The smallest absolute Gasteiger partial charge is 0.319 e. The van der Waals surface area contributed by atoms with Crippen molar-refractivity contribution in [2.45, 2.75) is 26.8 Å². The van der Waals surface area contributed by atoms with Gasteiger partial charge in [-0.15, -0.1) is 0 Å². The topological polar surface area (TPSA) is 41.1 Å².